The molecule has 0 atom stereocenters. The van der Waals surface area contributed by atoms with Crippen LogP contribution in [0.25, 0.3) is 10.9 Å². The minimum atomic E-state index is -0.0476. The first-order valence-corrected chi connectivity index (χ1v) is 9.78. The van der Waals surface area contributed by atoms with Crippen molar-refractivity contribution in [2.24, 2.45) is 0 Å². The highest BCUT2D eigenvalue weighted by Gasteiger charge is 2.13. The Kier molecular flexibility index (Phi) is 7.54. The van der Waals surface area contributed by atoms with Crippen LogP contribution in [-0.2, 0) is 11.3 Å². The lowest BCUT2D eigenvalue weighted by atomic mass is 10.1. The van der Waals surface area contributed by atoms with Gasteiger partial charge in [0.15, 0.2) is 0 Å². The first kappa shape index (κ1) is 21.1. The van der Waals surface area contributed by atoms with Crippen LogP contribution in [0.1, 0.15) is 46.1 Å². The Morgan fingerprint density at radius 1 is 1.22 bits per heavy atom. The molecule has 1 heterocycles. The molecule has 1 N–H and O–H groups in total. The fraction of sp³-hybridized carbons (Fsp3) is 0.571. The van der Waals surface area contributed by atoms with Gasteiger partial charge >= 0.3 is 0 Å². The summed E-state index contributed by atoms with van der Waals surface area (Å²) in [4.78, 5) is 31.4. The number of fused-ring (bicyclic) bond motifs is 1. The maximum Gasteiger partial charge on any atom is 0.261 e. The van der Waals surface area contributed by atoms with E-state index in [1.54, 1.807) is 17.0 Å². The highest BCUT2D eigenvalue weighted by Crippen LogP contribution is 2.11. The highest BCUT2D eigenvalue weighted by molar-refractivity contribution is 5.80. The predicted octanol–water partition coefficient (Wildman–Crippen LogP) is 2.72. The summed E-state index contributed by atoms with van der Waals surface area (Å²) in [6.45, 7) is 12.6. The molecule has 0 bridgehead atoms. The molecule has 2 rings (SSSR count). The molecular weight excluding hydrogens is 340 g/mol. The molecule has 148 valence electrons. The van der Waals surface area contributed by atoms with Gasteiger partial charge in [-0.25, -0.2) is 4.98 Å². The third-order valence-corrected chi connectivity index (χ3v) is 4.88. The van der Waals surface area contributed by atoms with Gasteiger partial charge in [-0.05, 0) is 52.7 Å². The van der Waals surface area contributed by atoms with Gasteiger partial charge in [-0.15, -0.1) is 0 Å². The topological polar surface area (TPSA) is 67.2 Å². The summed E-state index contributed by atoms with van der Waals surface area (Å²) in [5, 5.41) is 3.61. The number of nitrogens with one attached hydrogen (secondary N) is 1. The van der Waals surface area contributed by atoms with Gasteiger partial charge in [-0.3, -0.25) is 19.1 Å². The number of para-hydroxylation sites is 1. The second-order valence-electron chi connectivity index (χ2n) is 7.59. The number of hydrogen-bond donors (Lipinski definition) is 1. The third kappa shape index (κ3) is 5.63. The molecule has 0 aliphatic heterocycles. The molecule has 0 radical (unpaired) electrons. The van der Waals surface area contributed by atoms with Crippen LogP contribution in [0.4, 0.5) is 0 Å². The van der Waals surface area contributed by atoms with Gasteiger partial charge in [0.1, 0.15) is 0 Å². The molecule has 2 aromatic rings. The van der Waals surface area contributed by atoms with Crippen LogP contribution in [0.15, 0.2) is 29.3 Å². The smallest absolute Gasteiger partial charge is 0.261 e. The molecule has 6 heteroatoms. The van der Waals surface area contributed by atoms with E-state index in [2.05, 4.69) is 42.9 Å². The van der Waals surface area contributed by atoms with Crippen molar-refractivity contribution in [2.75, 3.05) is 13.1 Å². The molecule has 1 aromatic carbocycles. The van der Waals surface area contributed by atoms with Crippen molar-refractivity contribution >= 4 is 16.8 Å². The largest absolute Gasteiger partial charge is 0.355 e. The number of nitrogens with zero attached hydrogens (tertiary/aromatic N) is 3. The Bertz CT molecular complexity index is 819. The molecule has 6 nitrogen and oxygen atoms in total. The number of aryl methyl sites for hydroxylation is 2. The predicted molar refractivity (Wildman–Crippen MR) is 110 cm³/mol. The van der Waals surface area contributed by atoms with Crippen LogP contribution >= 0.6 is 0 Å². The Morgan fingerprint density at radius 2 is 1.93 bits per heavy atom. The standard InChI is InChI=1S/C21H32N4O2/c1-15(2)25(16(3)4)13-11-22-19(26)10-7-12-24-14-23-20-17(5)8-6-9-18(20)21(24)27/h6,8-9,14-16H,7,10-13H2,1-5H3,(H,22,26). The number of carbonyl (C=O) groups excluding carboxylic acids is 1. The van der Waals surface area contributed by atoms with E-state index in [4.69, 9.17) is 0 Å². The molecule has 0 spiro atoms. The van der Waals surface area contributed by atoms with Crippen LogP contribution in [0, 0.1) is 6.92 Å². The maximum atomic E-state index is 12.5. The summed E-state index contributed by atoms with van der Waals surface area (Å²) >= 11 is 0. The van der Waals surface area contributed by atoms with E-state index in [9.17, 15) is 9.59 Å². The summed E-state index contributed by atoms with van der Waals surface area (Å²) in [5.74, 6) is 0.0279. The lowest BCUT2D eigenvalue weighted by Gasteiger charge is -2.30. The quantitative estimate of drug-likeness (QED) is 0.735. The van der Waals surface area contributed by atoms with Crippen molar-refractivity contribution in [2.45, 2.75) is 66.1 Å². The molecule has 0 unspecified atom stereocenters. The molecule has 0 aliphatic carbocycles. The number of aromatic nitrogens is 2. The zero-order valence-corrected chi connectivity index (χ0v) is 17.2. The second-order valence-corrected chi connectivity index (χ2v) is 7.59. The number of benzene rings is 1. The van der Waals surface area contributed by atoms with Gasteiger partial charge in [0.25, 0.3) is 5.56 Å². The maximum absolute atomic E-state index is 12.5. The Hall–Kier alpha value is -2.21. The SMILES string of the molecule is Cc1cccc2c(=O)n(CCCC(=O)NCCN(C(C)C)C(C)C)cnc12. The first-order chi connectivity index (χ1) is 12.8. The molecule has 1 aromatic heterocycles. The molecule has 0 fully saturated rings. The van der Waals surface area contributed by atoms with Gasteiger partial charge in [0.05, 0.1) is 17.2 Å². The van der Waals surface area contributed by atoms with E-state index in [0.717, 1.165) is 17.6 Å². The summed E-state index contributed by atoms with van der Waals surface area (Å²) in [7, 11) is 0. The number of rotatable bonds is 9. The van der Waals surface area contributed by atoms with E-state index in [0.29, 0.717) is 43.4 Å². The summed E-state index contributed by atoms with van der Waals surface area (Å²) in [6, 6.07) is 6.53. The molecule has 1 amide bonds. The third-order valence-electron chi connectivity index (χ3n) is 4.88. The zero-order valence-electron chi connectivity index (χ0n) is 17.2. The second kappa shape index (κ2) is 9.65. The molecule has 0 saturated carbocycles. The van der Waals surface area contributed by atoms with Crippen molar-refractivity contribution in [1.29, 1.82) is 0 Å². The van der Waals surface area contributed by atoms with Gasteiger partial charge < -0.3 is 5.32 Å². The van der Waals surface area contributed by atoms with Crippen LogP contribution < -0.4 is 10.9 Å². The summed E-state index contributed by atoms with van der Waals surface area (Å²) in [6.07, 6.45) is 2.60. The van der Waals surface area contributed by atoms with E-state index in [1.807, 2.05) is 19.1 Å². The normalized spacial score (nSPS) is 11.7. The lowest BCUT2D eigenvalue weighted by molar-refractivity contribution is -0.121. The van der Waals surface area contributed by atoms with Crippen molar-refractivity contribution in [1.82, 2.24) is 19.8 Å². The van der Waals surface area contributed by atoms with Crippen LogP contribution in [0.3, 0.4) is 0 Å². The molecular formula is C21H32N4O2. The summed E-state index contributed by atoms with van der Waals surface area (Å²) < 4.78 is 1.59. The number of hydrogen-bond acceptors (Lipinski definition) is 4. The van der Waals surface area contributed by atoms with Crippen molar-refractivity contribution in [3.63, 3.8) is 0 Å². The van der Waals surface area contributed by atoms with Crippen LogP contribution in [-0.4, -0.2) is 45.5 Å². The monoisotopic (exact) mass is 372 g/mol. The van der Waals surface area contributed by atoms with E-state index < -0.39 is 0 Å². The Labute approximate surface area is 161 Å². The van der Waals surface area contributed by atoms with E-state index >= 15 is 0 Å². The average Bonchev–Trinajstić information content (AvgIpc) is 2.60. The van der Waals surface area contributed by atoms with Crippen LogP contribution in [0.5, 0.6) is 0 Å². The number of carbonyl (C=O) groups is 1. The molecule has 0 saturated heterocycles. The van der Waals surface area contributed by atoms with Crippen LogP contribution in [0.2, 0.25) is 0 Å². The van der Waals surface area contributed by atoms with Gasteiger partial charge in [0, 0.05) is 38.1 Å². The van der Waals surface area contributed by atoms with Crippen molar-refractivity contribution in [3.05, 3.63) is 40.4 Å². The molecule has 27 heavy (non-hydrogen) atoms. The van der Waals surface area contributed by atoms with Gasteiger partial charge in [0.2, 0.25) is 5.91 Å². The Morgan fingerprint density at radius 3 is 2.59 bits per heavy atom. The van der Waals surface area contributed by atoms with Crippen molar-refractivity contribution in [3.8, 4) is 0 Å². The minimum Gasteiger partial charge on any atom is -0.355 e. The lowest BCUT2D eigenvalue weighted by Crippen LogP contribution is -2.42. The fourth-order valence-corrected chi connectivity index (χ4v) is 3.43. The first-order valence-electron chi connectivity index (χ1n) is 9.78. The van der Waals surface area contributed by atoms with E-state index in [1.165, 1.54) is 0 Å². The average molecular weight is 373 g/mol. The van der Waals surface area contributed by atoms with Gasteiger partial charge in [-0.2, -0.15) is 0 Å². The highest BCUT2D eigenvalue weighted by atomic mass is 16.1. The fourth-order valence-electron chi connectivity index (χ4n) is 3.43. The minimum absolute atomic E-state index is 0.0279. The summed E-state index contributed by atoms with van der Waals surface area (Å²) in [5.41, 5.74) is 1.69. The van der Waals surface area contributed by atoms with Gasteiger partial charge in [-0.1, -0.05) is 12.1 Å². The number of amides is 1. The zero-order chi connectivity index (χ0) is 20.0. The Balaban J connectivity index is 1.82. The van der Waals surface area contributed by atoms with Crippen molar-refractivity contribution < 1.29 is 4.79 Å². The van der Waals surface area contributed by atoms with E-state index in [-0.39, 0.29) is 11.5 Å². The molecule has 0 aliphatic rings.